The molecular weight excluding hydrogens is 156 g/mol. The van der Waals surface area contributed by atoms with Crippen LogP contribution in [-0.2, 0) is 18.3 Å². The highest BCUT2D eigenvalue weighted by atomic mass is 16.5. The first-order valence-corrected chi connectivity index (χ1v) is 3.81. The second kappa shape index (κ2) is 3.64. The van der Waals surface area contributed by atoms with Gasteiger partial charge in [0, 0.05) is 14.2 Å². The van der Waals surface area contributed by atoms with Crippen molar-refractivity contribution in [3.63, 3.8) is 0 Å². The maximum Gasteiger partial charge on any atom is 0.161 e. The van der Waals surface area contributed by atoms with Crippen LogP contribution in [0.4, 0.5) is 0 Å². The molecule has 0 fully saturated rings. The molecule has 0 aliphatic rings. The van der Waals surface area contributed by atoms with Crippen LogP contribution in [0.15, 0.2) is 0 Å². The third-order valence-electron chi connectivity index (χ3n) is 1.90. The number of aromatic nitrogens is 3. The molecule has 5 heteroatoms. The number of methoxy groups -OCH3 is 1. The molecule has 1 heterocycles. The molecule has 0 aliphatic carbocycles. The summed E-state index contributed by atoms with van der Waals surface area (Å²) < 4.78 is 6.97. The zero-order valence-electron chi connectivity index (χ0n) is 7.61. The molecule has 0 saturated carbocycles. The number of nitrogens with two attached hydrogens (primary N) is 1. The van der Waals surface area contributed by atoms with Crippen LogP contribution in [-0.4, -0.2) is 21.9 Å². The average molecular weight is 170 g/mol. The van der Waals surface area contributed by atoms with E-state index in [1.54, 1.807) is 7.11 Å². The van der Waals surface area contributed by atoms with E-state index < -0.39 is 0 Å². The van der Waals surface area contributed by atoms with Crippen LogP contribution < -0.4 is 5.73 Å². The van der Waals surface area contributed by atoms with Crippen molar-refractivity contribution in [3.05, 3.63) is 11.6 Å². The normalized spacial score (nSPS) is 13.3. The van der Waals surface area contributed by atoms with Crippen molar-refractivity contribution in [3.8, 4) is 0 Å². The predicted octanol–water partition coefficient (Wildman–Crippen LogP) is -0.0188. The Hall–Kier alpha value is -0.940. The molecule has 1 aromatic heterocycles. The Morgan fingerprint density at radius 3 is 2.67 bits per heavy atom. The van der Waals surface area contributed by atoms with E-state index >= 15 is 0 Å². The molecule has 0 amide bonds. The Kier molecular flexibility index (Phi) is 2.78. The monoisotopic (exact) mass is 170 g/mol. The molecule has 0 aromatic carbocycles. The van der Waals surface area contributed by atoms with E-state index in [9.17, 15) is 0 Å². The molecule has 0 aliphatic heterocycles. The largest absolute Gasteiger partial charge is 0.374 e. The maximum atomic E-state index is 5.44. The number of ether oxygens (including phenoxy) is 1. The highest BCUT2D eigenvalue weighted by Crippen LogP contribution is 2.12. The van der Waals surface area contributed by atoms with Gasteiger partial charge in [-0.1, -0.05) is 0 Å². The lowest BCUT2D eigenvalue weighted by Crippen LogP contribution is -2.09. The van der Waals surface area contributed by atoms with Gasteiger partial charge in [-0.25, -0.2) is 0 Å². The van der Waals surface area contributed by atoms with Gasteiger partial charge >= 0.3 is 0 Å². The summed E-state index contributed by atoms with van der Waals surface area (Å²) >= 11 is 0. The van der Waals surface area contributed by atoms with Crippen LogP contribution in [0.1, 0.15) is 24.7 Å². The minimum absolute atomic E-state index is 0.0391. The SMILES string of the molecule is COC(C)c1nnc(CN)n1C. The number of nitrogens with zero attached hydrogens (tertiary/aromatic N) is 3. The van der Waals surface area contributed by atoms with Crippen LogP contribution in [0.25, 0.3) is 0 Å². The Labute approximate surface area is 71.5 Å². The molecule has 1 aromatic rings. The molecule has 0 bridgehead atoms. The fourth-order valence-corrected chi connectivity index (χ4v) is 1.01. The van der Waals surface area contributed by atoms with Gasteiger partial charge in [0.25, 0.3) is 0 Å². The first-order valence-electron chi connectivity index (χ1n) is 3.81. The second-order valence-electron chi connectivity index (χ2n) is 2.62. The Morgan fingerprint density at radius 2 is 2.25 bits per heavy atom. The van der Waals surface area contributed by atoms with Gasteiger partial charge in [-0.15, -0.1) is 10.2 Å². The molecule has 5 nitrogen and oxygen atoms in total. The fourth-order valence-electron chi connectivity index (χ4n) is 1.01. The second-order valence-corrected chi connectivity index (χ2v) is 2.62. The molecule has 12 heavy (non-hydrogen) atoms. The minimum atomic E-state index is -0.0391. The van der Waals surface area contributed by atoms with Gasteiger partial charge in [0.05, 0.1) is 6.54 Å². The fraction of sp³-hybridized carbons (Fsp3) is 0.714. The van der Waals surface area contributed by atoms with E-state index in [1.165, 1.54) is 0 Å². The van der Waals surface area contributed by atoms with Gasteiger partial charge in [0.2, 0.25) is 0 Å². The Morgan fingerprint density at radius 1 is 1.58 bits per heavy atom. The molecule has 1 rings (SSSR count). The van der Waals surface area contributed by atoms with E-state index in [0.29, 0.717) is 6.54 Å². The zero-order valence-corrected chi connectivity index (χ0v) is 7.61. The van der Waals surface area contributed by atoms with E-state index in [1.807, 2.05) is 18.5 Å². The van der Waals surface area contributed by atoms with Crippen molar-refractivity contribution in [2.45, 2.75) is 19.6 Å². The Balaban J connectivity index is 2.93. The maximum absolute atomic E-state index is 5.44. The van der Waals surface area contributed by atoms with Gasteiger partial charge in [-0.2, -0.15) is 0 Å². The van der Waals surface area contributed by atoms with Crippen molar-refractivity contribution in [1.82, 2.24) is 14.8 Å². The summed E-state index contributed by atoms with van der Waals surface area (Å²) in [5, 5.41) is 7.88. The first-order chi connectivity index (χ1) is 5.70. The quantitative estimate of drug-likeness (QED) is 0.692. The summed E-state index contributed by atoms with van der Waals surface area (Å²) in [6.07, 6.45) is -0.0391. The molecule has 0 saturated heterocycles. The highest BCUT2D eigenvalue weighted by Gasteiger charge is 2.12. The molecule has 68 valence electrons. The van der Waals surface area contributed by atoms with Crippen LogP contribution in [0.3, 0.4) is 0 Å². The van der Waals surface area contributed by atoms with Gasteiger partial charge in [0.15, 0.2) is 5.82 Å². The van der Waals surface area contributed by atoms with Gasteiger partial charge in [0.1, 0.15) is 11.9 Å². The number of rotatable bonds is 3. The van der Waals surface area contributed by atoms with Crippen molar-refractivity contribution in [2.24, 2.45) is 12.8 Å². The summed E-state index contributed by atoms with van der Waals surface area (Å²) in [5.74, 6) is 1.58. The topological polar surface area (TPSA) is 66.0 Å². The lowest BCUT2D eigenvalue weighted by Gasteiger charge is -2.08. The van der Waals surface area contributed by atoms with Gasteiger partial charge < -0.3 is 15.0 Å². The zero-order chi connectivity index (χ0) is 9.14. The summed E-state index contributed by atoms with van der Waals surface area (Å²) in [7, 11) is 3.52. The average Bonchev–Trinajstić information content (AvgIpc) is 2.45. The lowest BCUT2D eigenvalue weighted by molar-refractivity contribution is 0.109. The summed E-state index contributed by atoms with van der Waals surface area (Å²) in [6.45, 7) is 2.32. The lowest BCUT2D eigenvalue weighted by atomic mass is 10.4. The first kappa shape index (κ1) is 9.15. The molecule has 1 atom stereocenters. The summed E-state index contributed by atoms with van der Waals surface area (Å²) in [5.41, 5.74) is 5.44. The third-order valence-corrected chi connectivity index (χ3v) is 1.90. The van der Waals surface area contributed by atoms with Crippen LogP contribution >= 0.6 is 0 Å². The van der Waals surface area contributed by atoms with Crippen molar-refractivity contribution >= 4 is 0 Å². The number of hydrogen-bond acceptors (Lipinski definition) is 4. The highest BCUT2D eigenvalue weighted by molar-refractivity contribution is 4.96. The smallest absolute Gasteiger partial charge is 0.161 e. The van der Waals surface area contributed by atoms with Crippen LogP contribution in [0.5, 0.6) is 0 Å². The van der Waals surface area contributed by atoms with E-state index in [2.05, 4.69) is 10.2 Å². The van der Waals surface area contributed by atoms with Crippen LogP contribution in [0.2, 0.25) is 0 Å². The van der Waals surface area contributed by atoms with E-state index in [0.717, 1.165) is 11.6 Å². The van der Waals surface area contributed by atoms with Crippen LogP contribution in [0, 0.1) is 0 Å². The van der Waals surface area contributed by atoms with Gasteiger partial charge in [-0.05, 0) is 6.92 Å². The standard InChI is InChI=1S/C7H14N4O/c1-5(12-3)7-10-9-6(4-8)11(7)2/h5H,4,8H2,1-3H3. The molecule has 0 radical (unpaired) electrons. The number of hydrogen-bond donors (Lipinski definition) is 1. The predicted molar refractivity (Wildman–Crippen MR) is 44.3 cm³/mol. The van der Waals surface area contributed by atoms with E-state index in [-0.39, 0.29) is 6.10 Å². The van der Waals surface area contributed by atoms with Crippen molar-refractivity contribution in [2.75, 3.05) is 7.11 Å². The Bertz CT molecular complexity index is 258. The third kappa shape index (κ3) is 1.46. The van der Waals surface area contributed by atoms with Crippen molar-refractivity contribution < 1.29 is 4.74 Å². The molecular formula is C7H14N4O. The summed E-state index contributed by atoms with van der Waals surface area (Å²) in [6, 6.07) is 0. The molecule has 0 spiro atoms. The minimum Gasteiger partial charge on any atom is -0.374 e. The molecule has 2 N–H and O–H groups in total. The summed E-state index contributed by atoms with van der Waals surface area (Å²) in [4.78, 5) is 0. The molecule has 1 unspecified atom stereocenters. The van der Waals surface area contributed by atoms with Crippen molar-refractivity contribution in [1.29, 1.82) is 0 Å². The van der Waals surface area contributed by atoms with E-state index in [4.69, 9.17) is 10.5 Å². The van der Waals surface area contributed by atoms with Gasteiger partial charge in [-0.3, -0.25) is 0 Å².